The van der Waals surface area contributed by atoms with Crippen molar-refractivity contribution in [3.63, 3.8) is 0 Å². The average molecular weight is 602 g/mol. The first-order chi connectivity index (χ1) is 21.3. The number of para-hydroxylation sites is 1. The SMILES string of the molecule is CCC=CCC=CCC=CCC=CCC=CCCCC(=O)NC1CCCCC1NC(=O)Nc1c(C(C)C)cccc1C(C)C. The van der Waals surface area contributed by atoms with Crippen LogP contribution in [0.3, 0.4) is 0 Å². The maximum Gasteiger partial charge on any atom is 0.319 e. The summed E-state index contributed by atoms with van der Waals surface area (Å²) >= 11 is 0. The first-order valence-corrected chi connectivity index (χ1v) is 17.1. The summed E-state index contributed by atoms with van der Waals surface area (Å²) in [5.74, 6) is 0.685. The van der Waals surface area contributed by atoms with E-state index in [1.54, 1.807) is 0 Å². The molecule has 242 valence electrons. The number of allylic oxidation sites excluding steroid dienone is 10. The van der Waals surface area contributed by atoms with Gasteiger partial charge in [0.05, 0.1) is 6.04 Å². The molecule has 1 aromatic rings. The number of carbonyl (C=O) groups is 2. The molecule has 2 atom stereocenters. The van der Waals surface area contributed by atoms with Crippen molar-refractivity contribution in [3.8, 4) is 0 Å². The molecule has 1 aliphatic rings. The van der Waals surface area contributed by atoms with E-state index in [1.807, 2.05) is 0 Å². The molecule has 1 fully saturated rings. The quantitative estimate of drug-likeness (QED) is 0.116. The first-order valence-electron chi connectivity index (χ1n) is 17.1. The largest absolute Gasteiger partial charge is 0.351 e. The van der Waals surface area contributed by atoms with Gasteiger partial charge < -0.3 is 16.0 Å². The van der Waals surface area contributed by atoms with Crippen LogP contribution in [0.15, 0.2) is 79.0 Å². The fourth-order valence-electron chi connectivity index (χ4n) is 5.52. The first kappa shape index (κ1) is 36.8. The predicted molar refractivity (Wildman–Crippen MR) is 189 cm³/mol. The van der Waals surface area contributed by atoms with Gasteiger partial charge in [-0.15, -0.1) is 0 Å². The molecule has 0 aromatic heterocycles. The third kappa shape index (κ3) is 14.9. The molecule has 0 heterocycles. The molecule has 1 aliphatic carbocycles. The monoisotopic (exact) mass is 601 g/mol. The summed E-state index contributed by atoms with van der Waals surface area (Å²) in [6.07, 6.45) is 33.1. The molecular formula is C39H59N3O2. The summed E-state index contributed by atoms with van der Waals surface area (Å²) < 4.78 is 0. The lowest BCUT2D eigenvalue weighted by molar-refractivity contribution is -0.122. The van der Waals surface area contributed by atoms with Crippen LogP contribution in [0.25, 0.3) is 0 Å². The summed E-state index contributed by atoms with van der Waals surface area (Å²) in [7, 11) is 0. The fraction of sp³-hybridized carbons (Fsp3) is 0.538. The average Bonchev–Trinajstić information content (AvgIpc) is 2.99. The van der Waals surface area contributed by atoms with E-state index in [9.17, 15) is 9.59 Å². The van der Waals surface area contributed by atoms with Crippen LogP contribution in [0.1, 0.15) is 135 Å². The van der Waals surface area contributed by atoms with Crippen LogP contribution in [-0.4, -0.2) is 24.0 Å². The molecule has 44 heavy (non-hydrogen) atoms. The van der Waals surface area contributed by atoms with E-state index < -0.39 is 0 Å². The van der Waals surface area contributed by atoms with Crippen LogP contribution in [0, 0.1) is 0 Å². The van der Waals surface area contributed by atoms with E-state index in [0.717, 1.165) is 87.4 Å². The molecule has 0 spiro atoms. The lowest BCUT2D eigenvalue weighted by Crippen LogP contribution is -2.54. The second kappa shape index (κ2) is 22.2. The predicted octanol–water partition coefficient (Wildman–Crippen LogP) is 10.4. The topological polar surface area (TPSA) is 70.2 Å². The van der Waals surface area contributed by atoms with Crippen LogP contribution in [-0.2, 0) is 4.79 Å². The maximum absolute atomic E-state index is 13.2. The normalized spacial score (nSPS) is 17.7. The molecule has 0 radical (unpaired) electrons. The Morgan fingerprint density at radius 3 is 1.70 bits per heavy atom. The van der Waals surface area contributed by atoms with Gasteiger partial charge in [-0.2, -0.15) is 0 Å². The van der Waals surface area contributed by atoms with Crippen molar-refractivity contribution >= 4 is 17.6 Å². The Morgan fingerprint density at radius 2 is 1.20 bits per heavy atom. The molecular weight excluding hydrogens is 542 g/mol. The summed E-state index contributed by atoms with van der Waals surface area (Å²) in [5.41, 5.74) is 3.21. The Bertz CT molecular complexity index is 1100. The van der Waals surface area contributed by atoms with Crippen molar-refractivity contribution in [2.45, 2.75) is 136 Å². The number of unbranched alkanes of at least 4 members (excludes halogenated alkanes) is 1. The number of urea groups is 1. The van der Waals surface area contributed by atoms with E-state index in [-0.39, 0.29) is 24.0 Å². The number of hydrogen-bond donors (Lipinski definition) is 3. The van der Waals surface area contributed by atoms with Crippen molar-refractivity contribution in [1.29, 1.82) is 0 Å². The van der Waals surface area contributed by atoms with Crippen molar-refractivity contribution in [2.24, 2.45) is 0 Å². The van der Waals surface area contributed by atoms with Gasteiger partial charge in [-0.1, -0.05) is 126 Å². The van der Waals surface area contributed by atoms with Gasteiger partial charge in [0.1, 0.15) is 0 Å². The smallest absolute Gasteiger partial charge is 0.319 e. The van der Waals surface area contributed by atoms with E-state index in [1.165, 1.54) is 0 Å². The molecule has 3 N–H and O–H groups in total. The number of rotatable bonds is 18. The molecule has 5 nitrogen and oxygen atoms in total. The summed E-state index contributed by atoms with van der Waals surface area (Å²) in [6.45, 7) is 10.8. The summed E-state index contributed by atoms with van der Waals surface area (Å²) in [4.78, 5) is 25.9. The molecule has 5 heteroatoms. The minimum atomic E-state index is -0.190. The highest BCUT2D eigenvalue weighted by atomic mass is 16.2. The molecule has 3 amide bonds. The molecule has 0 bridgehead atoms. The molecule has 2 rings (SSSR count). The Morgan fingerprint density at radius 1 is 0.727 bits per heavy atom. The Balaban J connectivity index is 1.69. The molecule has 0 saturated heterocycles. The van der Waals surface area contributed by atoms with E-state index >= 15 is 0 Å². The van der Waals surface area contributed by atoms with Crippen molar-refractivity contribution in [3.05, 3.63) is 90.1 Å². The standard InChI is InChI=1S/C39H59N3O2/c1-6-7-8-9-10-11-12-13-14-15-16-17-18-19-20-21-22-30-37(43)40-35-28-23-24-29-36(35)41-39(44)42-38-33(31(2)3)26-25-27-34(38)32(4)5/h7-8,10-11,13-14,16-17,19-20,25-27,31-32,35-36H,6,9,12,15,18,21-24,28-30H2,1-5H3,(H,40,43)(H2,41,42,44). The van der Waals surface area contributed by atoms with Crippen molar-refractivity contribution in [1.82, 2.24) is 10.6 Å². The summed E-state index contributed by atoms with van der Waals surface area (Å²) in [6, 6.07) is 5.98. The Hall–Kier alpha value is -3.34. The number of anilines is 1. The third-order valence-corrected chi connectivity index (χ3v) is 7.97. The van der Waals surface area contributed by atoms with Crippen molar-refractivity contribution < 1.29 is 9.59 Å². The molecule has 0 aliphatic heterocycles. The summed E-state index contributed by atoms with van der Waals surface area (Å²) in [5, 5.41) is 9.58. The van der Waals surface area contributed by atoms with Gasteiger partial charge in [-0.05, 0) is 80.8 Å². The molecule has 1 saturated carbocycles. The van der Waals surface area contributed by atoms with E-state index in [0.29, 0.717) is 18.3 Å². The number of nitrogens with one attached hydrogen (secondary N) is 3. The van der Waals surface area contributed by atoms with Crippen LogP contribution >= 0.6 is 0 Å². The highest BCUT2D eigenvalue weighted by molar-refractivity contribution is 5.91. The maximum atomic E-state index is 13.2. The number of amides is 3. The van der Waals surface area contributed by atoms with Crippen LogP contribution in [0.5, 0.6) is 0 Å². The van der Waals surface area contributed by atoms with Crippen molar-refractivity contribution in [2.75, 3.05) is 5.32 Å². The highest BCUT2D eigenvalue weighted by Crippen LogP contribution is 2.32. The molecule has 2 unspecified atom stereocenters. The van der Waals surface area contributed by atoms with Gasteiger partial charge in [0.25, 0.3) is 0 Å². The van der Waals surface area contributed by atoms with Gasteiger partial charge in [0, 0.05) is 18.2 Å². The van der Waals surface area contributed by atoms with Gasteiger partial charge in [0.2, 0.25) is 5.91 Å². The number of benzene rings is 1. The zero-order valence-corrected chi connectivity index (χ0v) is 28.1. The van der Waals surface area contributed by atoms with E-state index in [2.05, 4.69) is 130 Å². The molecule has 1 aromatic carbocycles. The van der Waals surface area contributed by atoms with Gasteiger partial charge in [-0.25, -0.2) is 4.79 Å². The van der Waals surface area contributed by atoms with Crippen LogP contribution in [0.2, 0.25) is 0 Å². The van der Waals surface area contributed by atoms with Crippen LogP contribution < -0.4 is 16.0 Å². The minimum Gasteiger partial charge on any atom is -0.351 e. The number of carbonyl (C=O) groups excluding carboxylic acids is 2. The van der Waals surface area contributed by atoms with Gasteiger partial charge >= 0.3 is 6.03 Å². The zero-order valence-electron chi connectivity index (χ0n) is 28.1. The van der Waals surface area contributed by atoms with Gasteiger partial charge in [0.15, 0.2) is 0 Å². The van der Waals surface area contributed by atoms with Gasteiger partial charge in [-0.3, -0.25) is 4.79 Å². The minimum absolute atomic E-state index is 0.0272. The highest BCUT2D eigenvalue weighted by Gasteiger charge is 2.28. The number of hydrogen-bond acceptors (Lipinski definition) is 2. The lowest BCUT2D eigenvalue weighted by atomic mass is 9.90. The zero-order chi connectivity index (χ0) is 32.0. The second-order valence-corrected chi connectivity index (χ2v) is 12.4. The van der Waals surface area contributed by atoms with Crippen LogP contribution in [0.4, 0.5) is 10.5 Å². The second-order valence-electron chi connectivity index (χ2n) is 12.4. The lowest BCUT2D eigenvalue weighted by Gasteiger charge is -2.33. The fourth-order valence-corrected chi connectivity index (χ4v) is 5.52. The third-order valence-electron chi connectivity index (χ3n) is 7.97. The van der Waals surface area contributed by atoms with E-state index in [4.69, 9.17) is 0 Å². The Labute approximate surface area is 268 Å². The Kier molecular flexibility index (Phi) is 18.6.